The molecule has 4 nitrogen and oxygen atoms in total. The molecular weight excluding hydrogens is 216 g/mol. The highest BCUT2D eigenvalue weighted by Gasteiger charge is 2.26. The van der Waals surface area contributed by atoms with Crippen molar-refractivity contribution >= 4 is 0 Å². The van der Waals surface area contributed by atoms with E-state index >= 15 is 0 Å². The fraction of sp³-hybridized carbons (Fsp3) is 1.00. The number of rotatable bonds is 9. The molecular formula is C13H30N2O2. The first-order valence-electron chi connectivity index (χ1n) is 6.50. The summed E-state index contributed by atoms with van der Waals surface area (Å²) in [4.78, 5) is 0. The van der Waals surface area contributed by atoms with E-state index in [9.17, 15) is 0 Å². The van der Waals surface area contributed by atoms with Crippen LogP contribution >= 0.6 is 0 Å². The van der Waals surface area contributed by atoms with Crippen LogP contribution in [0.1, 0.15) is 47.5 Å². The van der Waals surface area contributed by atoms with Crippen LogP contribution in [0.4, 0.5) is 0 Å². The van der Waals surface area contributed by atoms with Gasteiger partial charge in [-0.1, -0.05) is 13.8 Å². The maximum absolute atomic E-state index is 5.77. The molecule has 0 heterocycles. The van der Waals surface area contributed by atoms with Crippen LogP contribution in [-0.2, 0) is 9.47 Å². The molecule has 2 unspecified atom stereocenters. The van der Waals surface area contributed by atoms with E-state index in [0.29, 0.717) is 12.5 Å². The van der Waals surface area contributed by atoms with Gasteiger partial charge in [0.05, 0.1) is 11.7 Å². The lowest BCUT2D eigenvalue weighted by Gasteiger charge is -2.32. The molecule has 3 N–H and O–H groups in total. The molecule has 0 aliphatic heterocycles. The minimum absolute atomic E-state index is 0.108. The molecule has 0 saturated carbocycles. The second-order valence-electron chi connectivity index (χ2n) is 5.44. The van der Waals surface area contributed by atoms with E-state index in [2.05, 4.69) is 33.1 Å². The van der Waals surface area contributed by atoms with Crippen molar-refractivity contribution in [3.8, 4) is 0 Å². The van der Waals surface area contributed by atoms with E-state index in [-0.39, 0.29) is 17.7 Å². The van der Waals surface area contributed by atoms with Crippen molar-refractivity contribution in [2.45, 2.75) is 65.2 Å². The zero-order valence-corrected chi connectivity index (χ0v) is 12.2. The van der Waals surface area contributed by atoms with Gasteiger partial charge in [0.15, 0.2) is 0 Å². The minimum atomic E-state index is -0.108. The highest BCUT2D eigenvalue weighted by Crippen LogP contribution is 2.21. The largest absolute Gasteiger partial charge is 0.379 e. The van der Waals surface area contributed by atoms with Crippen molar-refractivity contribution in [1.82, 2.24) is 5.43 Å². The molecule has 2 atom stereocenters. The highest BCUT2D eigenvalue weighted by atomic mass is 16.5. The quantitative estimate of drug-likeness (QED) is 0.483. The van der Waals surface area contributed by atoms with Crippen molar-refractivity contribution in [3.63, 3.8) is 0 Å². The average Bonchev–Trinajstić information content (AvgIpc) is 2.28. The highest BCUT2D eigenvalue weighted by molar-refractivity contribution is 4.81. The summed E-state index contributed by atoms with van der Waals surface area (Å²) in [6, 6.07) is 0.171. The molecule has 0 aliphatic rings. The Morgan fingerprint density at radius 1 is 1.29 bits per heavy atom. The van der Waals surface area contributed by atoms with Crippen LogP contribution in [-0.4, -0.2) is 31.5 Å². The third kappa shape index (κ3) is 6.36. The fourth-order valence-corrected chi connectivity index (χ4v) is 1.91. The number of nitrogens with two attached hydrogens (primary N) is 1. The van der Waals surface area contributed by atoms with E-state index in [1.165, 1.54) is 0 Å². The Labute approximate surface area is 106 Å². The summed E-state index contributed by atoms with van der Waals surface area (Å²) >= 11 is 0. The van der Waals surface area contributed by atoms with Crippen molar-refractivity contribution in [2.24, 2.45) is 11.8 Å². The molecule has 0 fully saturated rings. The number of nitrogens with one attached hydrogen (secondary N) is 1. The van der Waals surface area contributed by atoms with Crippen molar-refractivity contribution in [1.29, 1.82) is 0 Å². The van der Waals surface area contributed by atoms with Gasteiger partial charge < -0.3 is 9.47 Å². The maximum Gasteiger partial charge on any atom is 0.0764 e. The third-order valence-electron chi connectivity index (χ3n) is 3.24. The SMILES string of the molecule is CCOC(C(C)C)C(CCC(C)(C)OC)NN. The van der Waals surface area contributed by atoms with Gasteiger partial charge in [0.1, 0.15) is 0 Å². The molecule has 104 valence electrons. The Hall–Kier alpha value is -0.160. The molecule has 4 heteroatoms. The molecule has 17 heavy (non-hydrogen) atoms. The smallest absolute Gasteiger partial charge is 0.0764 e. The summed E-state index contributed by atoms with van der Waals surface area (Å²) in [5, 5.41) is 0. The Bertz CT molecular complexity index is 196. The number of hydrogen-bond acceptors (Lipinski definition) is 4. The second kappa shape index (κ2) is 8.03. The third-order valence-corrected chi connectivity index (χ3v) is 3.24. The van der Waals surface area contributed by atoms with Gasteiger partial charge in [0, 0.05) is 19.8 Å². The lowest BCUT2D eigenvalue weighted by Crippen LogP contribution is -2.48. The average molecular weight is 246 g/mol. The van der Waals surface area contributed by atoms with Gasteiger partial charge in [-0.15, -0.1) is 0 Å². The minimum Gasteiger partial charge on any atom is -0.379 e. The molecule has 0 bridgehead atoms. The first kappa shape index (κ1) is 16.8. The van der Waals surface area contributed by atoms with Crippen LogP contribution in [0.5, 0.6) is 0 Å². The van der Waals surface area contributed by atoms with E-state index in [1.54, 1.807) is 7.11 Å². The van der Waals surface area contributed by atoms with Crippen LogP contribution in [0.25, 0.3) is 0 Å². The molecule has 0 aromatic carbocycles. The fourth-order valence-electron chi connectivity index (χ4n) is 1.91. The number of ether oxygens (including phenoxy) is 2. The van der Waals surface area contributed by atoms with Crippen LogP contribution in [0.15, 0.2) is 0 Å². The predicted molar refractivity (Wildman–Crippen MR) is 71.7 cm³/mol. The zero-order chi connectivity index (χ0) is 13.5. The van der Waals surface area contributed by atoms with Crippen molar-refractivity contribution in [3.05, 3.63) is 0 Å². The van der Waals surface area contributed by atoms with Crippen LogP contribution < -0.4 is 11.3 Å². The number of methoxy groups -OCH3 is 1. The van der Waals surface area contributed by atoms with Gasteiger partial charge >= 0.3 is 0 Å². The zero-order valence-electron chi connectivity index (χ0n) is 12.2. The number of hydrogen-bond donors (Lipinski definition) is 2. The molecule has 0 saturated heterocycles. The standard InChI is InChI=1S/C13H30N2O2/c1-7-17-12(10(2)3)11(15-14)8-9-13(4,5)16-6/h10-12,15H,7-9,14H2,1-6H3. The molecule has 0 amide bonds. The Morgan fingerprint density at radius 2 is 1.88 bits per heavy atom. The molecule has 0 aromatic rings. The number of hydrazine groups is 1. The Balaban J connectivity index is 4.38. The lowest BCUT2D eigenvalue weighted by atomic mass is 9.92. The summed E-state index contributed by atoms with van der Waals surface area (Å²) in [6.45, 7) is 11.2. The maximum atomic E-state index is 5.77. The van der Waals surface area contributed by atoms with E-state index in [4.69, 9.17) is 15.3 Å². The van der Waals surface area contributed by atoms with Crippen LogP contribution in [0.2, 0.25) is 0 Å². The van der Waals surface area contributed by atoms with Gasteiger partial charge in [0.2, 0.25) is 0 Å². The van der Waals surface area contributed by atoms with Gasteiger partial charge in [-0.05, 0) is 39.5 Å². The lowest BCUT2D eigenvalue weighted by molar-refractivity contribution is -0.0179. The first-order chi connectivity index (χ1) is 7.87. The Kier molecular flexibility index (Phi) is 7.96. The van der Waals surface area contributed by atoms with Gasteiger partial charge in [-0.3, -0.25) is 11.3 Å². The van der Waals surface area contributed by atoms with Gasteiger partial charge in [-0.25, -0.2) is 0 Å². The molecule has 0 radical (unpaired) electrons. The van der Waals surface area contributed by atoms with E-state index in [0.717, 1.165) is 12.8 Å². The molecule has 0 aromatic heterocycles. The summed E-state index contributed by atoms with van der Waals surface area (Å²) in [5.41, 5.74) is 2.78. The Morgan fingerprint density at radius 3 is 2.24 bits per heavy atom. The second-order valence-corrected chi connectivity index (χ2v) is 5.44. The van der Waals surface area contributed by atoms with Crippen molar-refractivity contribution < 1.29 is 9.47 Å². The summed E-state index contributed by atoms with van der Waals surface area (Å²) < 4.78 is 11.2. The monoisotopic (exact) mass is 246 g/mol. The molecule has 0 spiro atoms. The summed E-state index contributed by atoms with van der Waals surface area (Å²) in [6.07, 6.45) is 2.05. The van der Waals surface area contributed by atoms with Crippen molar-refractivity contribution in [2.75, 3.05) is 13.7 Å². The topological polar surface area (TPSA) is 56.5 Å². The predicted octanol–water partition coefficient (Wildman–Crippen LogP) is 2.08. The summed E-state index contributed by atoms with van der Waals surface area (Å²) in [7, 11) is 1.74. The van der Waals surface area contributed by atoms with Crippen LogP contribution in [0.3, 0.4) is 0 Å². The normalized spacial score (nSPS) is 16.2. The molecule has 0 rings (SSSR count). The molecule has 0 aliphatic carbocycles. The van der Waals surface area contributed by atoms with Crippen LogP contribution in [0, 0.1) is 5.92 Å². The summed E-state index contributed by atoms with van der Waals surface area (Å²) in [5.74, 6) is 6.09. The van der Waals surface area contributed by atoms with E-state index in [1.807, 2.05) is 6.92 Å². The van der Waals surface area contributed by atoms with Gasteiger partial charge in [0.25, 0.3) is 0 Å². The van der Waals surface area contributed by atoms with Gasteiger partial charge in [-0.2, -0.15) is 0 Å². The van der Waals surface area contributed by atoms with E-state index < -0.39 is 0 Å². The first-order valence-corrected chi connectivity index (χ1v) is 6.50.